The first-order valence-corrected chi connectivity index (χ1v) is 8.41. The summed E-state index contributed by atoms with van der Waals surface area (Å²) < 4.78 is 0. The molecule has 0 aromatic heterocycles. The number of aryl methyl sites for hydroxylation is 2. The van der Waals surface area contributed by atoms with Gasteiger partial charge in [-0.1, -0.05) is 24.3 Å². The van der Waals surface area contributed by atoms with Gasteiger partial charge >= 0.3 is 6.03 Å². The number of rotatable bonds is 5. The van der Waals surface area contributed by atoms with Gasteiger partial charge in [0.1, 0.15) is 0 Å². The number of carbonyl (C=O) groups excluding carboxylic acids is 1. The maximum atomic E-state index is 12.7. The predicted molar refractivity (Wildman–Crippen MR) is 95.3 cm³/mol. The number of anilines is 1. The first-order valence-electron chi connectivity index (χ1n) is 8.41. The number of aliphatic hydroxyl groups is 2. The second-order valence-corrected chi connectivity index (χ2v) is 6.58. The van der Waals surface area contributed by atoms with Gasteiger partial charge in [-0.25, -0.2) is 4.79 Å². The summed E-state index contributed by atoms with van der Waals surface area (Å²) in [5.74, 6) is 0. The fourth-order valence-electron chi connectivity index (χ4n) is 3.39. The third-order valence-corrected chi connectivity index (χ3v) is 4.64. The summed E-state index contributed by atoms with van der Waals surface area (Å²) in [6, 6.07) is 9.52. The first kappa shape index (κ1) is 16.7. The Hall–Kier alpha value is -2.11. The number of urea groups is 1. The zero-order chi connectivity index (χ0) is 17.3. The fourth-order valence-corrected chi connectivity index (χ4v) is 3.39. The maximum absolute atomic E-state index is 12.7. The Morgan fingerprint density at radius 2 is 1.92 bits per heavy atom. The number of nitrogens with zero attached hydrogens (tertiary/aromatic N) is 1. The van der Waals surface area contributed by atoms with Gasteiger partial charge in [0.05, 0.1) is 24.4 Å². The first-order chi connectivity index (χ1) is 11.5. The molecular weight excluding hydrogens is 304 g/mol. The van der Waals surface area contributed by atoms with Crippen molar-refractivity contribution >= 4 is 22.5 Å². The van der Waals surface area contributed by atoms with Gasteiger partial charge < -0.3 is 20.4 Å². The molecule has 0 saturated carbocycles. The molecule has 0 heterocycles. The molecule has 0 aliphatic heterocycles. The fraction of sp³-hybridized carbons (Fsp3) is 0.421. The summed E-state index contributed by atoms with van der Waals surface area (Å²) in [7, 11) is 0. The third kappa shape index (κ3) is 3.09. The van der Waals surface area contributed by atoms with Crippen LogP contribution < -0.4 is 5.32 Å². The number of amides is 2. The van der Waals surface area contributed by atoms with Crippen LogP contribution in [0.5, 0.6) is 0 Å². The van der Waals surface area contributed by atoms with Gasteiger partial charge in [-0.05, 0) is 49.3 Å². The molecule has 0 saturated heterocycles. The normalized spacial score (nSPS) is 15.3. The molecule has 2 atom stereocenters. The van der Waals surface area contributed by atoms with Crippen LogP contribution in [0.2, 0.25) is 0 Å². The van der Waals surface area contributed by atoms with Gasteiger partial charge in [0.25, 0.3) is 0 Å². The van der Waals surface area contributed by atoms with E-state index < -0.39 is 6.10 Å². The highest BCUT2D eigenvalue weighted by atomic mass is 16.3. The van der Waals surface area contributed by atoms with Crippen molar-refractivity contribution in [3.8, 4) is 0 Å². The largest absolute Gasteiger partial charge is 0.394 e. The van der Waals surface area contributed by atoms with Crippen molar-refractivity contribution in [1.82, 2.24) is 4.90 Å². The van der Waals surface area contributed by atoms with E-state index in [1.807, 2.05) is 18.2 Å². The molecule has 3 rings (SSSR count). The summed E-state index contributed by atoms with van der Waals surface area (Å²) in [6.07, 6.45) is 1.43. The third-order valence-electron chi connectivity index (χ3n) is 4.64. The lowest BCUT2D eigenvalue weighted by Gasteiger charge is -2.29. The Kier molecular flexibility index (Phi) is 4.73. The van der Waals surface area contributed by atoms with E-state index in [-0.39, 0.29) is 25.2 Å². The van der Waals surface area contributed by atoms with Gasteiger partial charge in [-0.3, -0.25) is 0 Å². The van der Waals surface area contributed by atoms with Crippen LogP contribution in [0.4, 0.5) is 10.5 Å². The van der Waals surface area contributed by atoms with Crippen molar-refractivity contribution in [2.24, 2.45) is 0 Å². The summed E-state index contributed by atoms with van der Waals surface area (Å²) in [6.45, 7) is 3.41. The van der Waals surface area contributed by atoms with E-state index in [1.54, 1.807) is 13.8 Å². The average molecular weight is 328 g/mol. The minimum absolute atomic E-state index is 0.149. The smallest absolute Gasteiger partial charge is 0.322 e. The lowest BCUT2D eigenvalue weighted by molar-refractivity contribution is 0.0995. The van der Waals surface area contributed by atoms with Gasteiger partial charge in [-0.2, -0.15) is 0 Å². The van der Waals surface area contributed by atoms with Crippen LogP contribution in [0, 0.1) is 0 Å². The van der Waals surface area contributed by atoms with E-state index in [0.29, 0.717) is 0 Å². The van der Waals surface area contributed by atoms with Crippen molar-refractivity contribution in [3.05, 3.63) is 41.5 Å². The van der Waals surface area contributed by atoms with Crippen LogP contribution in [-0.4, -0.2) is 46.4 Å². The molecule has 0 unspecified atom stereocenters. The Morgan fingerprint density at radius 3 is 2.58 bits per heavy atom. The Balaban J connectivity index is 1.90. The SMILES string of the molecule is C[C@H](O)CN(C(=O)Nc1ccc2c3c(cccc13)CC2)[C@H](C)CO. The van der Waals surface area contributed by atoms with Crippen LogP contribution in [0.25, 0.3) is 10.8 Å². The Labute approximate surface area is 141 Å². The van der Waals surface area contributed by atoms with Crippen molar-refractivity contribution < 1.29 is 15.0 Å². The molecule has 3 N–H and O–H groups in total. The number of benzene rings is 2. The predicted octanol–water partition coefficient (Wildman–Crippen LogP) is 2.53. The lowest BCUT2D eigenvalue weighted by atomic mass is 10.0. The van der Waals surface area contributed by atoms with E-state index in [9.17, 15) is 15.0 Å². The van der Waals surface area contributed by atoms with Gasteiger partial charge in [-0.15, -0.1) is 0 Å². The summed E-state index contributed by atoms with van der Waals surface area (Å²) in [5.41, 5.74) is 3.41. The van der Waals surface area contributed by atoms with Crippen molar-refractivity contribution in [2.75, 3.05) is 18.5 Å². The van der Waals surface area contributed by atoms with Crippen molar-refractivity contribution in [2.45, 2.75) is 38.8 Å². The highest BCUT2D eigenvalue weighted by Gasteiger charge is 2.23. The summed E-state index contributed by atoms with van der Waals surface area (Å²) in [5, 5.41) is 24.3. The van der Waals surface area contributed by atoms with E-state index in [4.69, 9.17) is 0 Å². The maximum Gasteiger partial charge on any atom is 0.322 e. The quantitative estimate of drug-likeness (QED) is 0.790. The van der Waals surface area contributed by atoms with E-state index in [2.05, 4.69) is 17.4 Å². The zero-order valence-electron chi connectivity index (χ0n) is 14.1. The lowest BCUT2D eigenvalue weighted by Crippen LogP contribution is -2.46. The second kappa shape index (κ2) is 6.79. The number of hydrogen-bond donors (Lipinski definition) is 3. The van der Waals surface area contributed by atoms with E-state index in [1.165, 1.54) is 21.4 Å². The molecule has 5 nitrogen and oxygen atoms in total. The highest BCUT2D eigenvalue weighted by molar-refractivity contribution is 6.04. The van der Waals surface area contributed by atoms with E-state index >= 15 is 0 Å². The topological polar surface area (TPSA) is 72.8 Å². The van der Waals surface area contributed by atoms with Gasteiger partial charge in [0.15, 0.2) is 0 Å². The van der Waals surface area contributed by atoms with Crippen LogP contribution in [0.3, 0.4) is 0 Å². The number of aliphatic hydroxyl groups excluding tert-OH is 2. The molecule has 0 bridgehead atoms. The standard InChI is InChI=1S/C19H24N2O3/c1-12(11-22)21(10-13(2)23)19(24)20-17-9-8-15-7-6-14-4-3-5-16(17)18(14)15/h3-5,8-9,12-13,22-23H,6-7,10-11H2,1-2H3,(H,20,24)/t12-,13+/m1/s1. The summed E-state index contributed by atoms with van der Waals surface area (Å²) in [4.78, 5) is 14.1. The summed E-state index contributed by atoms with van der Waals surface area (Å²) >= 11 is 0. The molecular formula is C19H24N2O3. The highest BCUT2D eigenvalue weighted by Crippen LogP contribution is 2.35. The van der Waals surface area contributed by atoms with E-state index in [0.717, 1.165) is 23.9 Å². The minimum atomic E-state index is -0.655. The molecule has 0 fully saturated rings. The van der Waals surface area contributed by atoms with Gasteiger partial charge in [0.2, 0.25) is 0 Å². The zero-order valence-corrected chi connectivity index (χ0v) is 14.1. The average Bonchev–Trinajstić information content (AvgIpc) is 2.99. The molecule has 1 aliphatic rings. The molecule has 5 heteroatoms. The van der Waals surface area contributed by atoms with Gasteiger partial charge in [0, 0.05) is 11.9 Å². The molecule has 2 aromatic rings. The molecule has 0 spiro atoms. The molecule has 0 radical (unpaired) electrons. The molecule has 2 aromatic carbocycles. The van der Waals surface area contributed by atoms with Crippen LogP contribution in [0.15, 0.2) is 30.3 Å². The number of nitrogens with one attached hydrogen (secondary N) is 1. The second-order valence-electron chi connectivity index (χ2n) is 6.58. The van der Waals surface area contributed by atoms with Crippen molar-refractivity contribution in [3.63, 3.8) is 0 Å². The molecule has 2 amide bonds. The minimum Gasteiger partial charge on any atom is -0.394 e. The number of hydrogen-bond acceptors (Lipinski definition) is 3. The molecule has 1 aliphatic carbocycles. The molecule has 128 valence electrons. The van der Waals surface area contributed by atoms with Crippen LogP contribution in [-0.2, 0) is 12.8 Å². The Bertz CT molecular complexity index is 747. The monoisotopic (exact) mass is 328 g/mol. The Morgan fingerprint density at radius 1 is 1.21 bits per heavy atom. The number of carbonyl (C=O) groups is 1. The molecule has 24 heavy (non-hydrogen) atoms. The van der Waals surface area contributed by atoms with Crippen LogP contribution >= 0.6 is 0 Å². The van der Waals surface area contributed by atoms with Crippen LogP contribution in [0.1, 0.15) is 25.0 Å². The van der Waals surface area contributed by atoms with Crippen molar-refractivity contribution in [1.29, 1.82) is 0 Å².